The quantitative estimate of drug-likeness (QED) is 0.700. The standard InChI is InChI=1S/C21H21FN6/c22-17-5-7-18(8-6-17)26-11-13-27(14-12-26)20-15-23-25-21(24-20)28-10-9-16-3-1-2-4-19(16)28/h1-8,15H,9-14H2. The topological polar surface area (TPSA) is 48.4 Å². The Hall–Kier alpha value is -3.22. The number of nitrogens with zero attached hydrogens (tertiary/aromatic N) is 6. The summed E-state index contributed by atoms with van der Waals surface area (Å²) < 4.78 is 13.1. The first kappa shape index (κ1) is 16.9. The largest absolute Gasteiger partial charge is 0.368 e. The van der Waals surface area contributed by atoms with E-state index in [4.69, 9.17) is 4.98 Å². The molecule has 1 fully saturated rings. The van der Waals surface area contributed by atoms with Gasteiger partial charge >= 0.3 is 0 Å². The molecule has 0 atom stereocenters. The molecular weight excluding hydrogens is 355 g/mol. The number of para-hydroxylation sites is 1. The fourth-order valence-corrected chi connectivity index (χ4v) is 3.94. The van der Waals surface area contributed by atoms with E-state index in [-0.39, 0.29) is 5.82 Å². The van der Waals surface area contributed by atoms with Crippen molar-refractivity contribution < 1.29 is 4.39 Å². The van der Waals surface area contributed by atoms with Gasteiger partial charge in [0.2, 0.25) is 0 Å². The smallest absolute Gasteiger partial charge is 0.251 e. The summed E-state index contributed by atoms with van der Waals surface area (Å²) in [6, 6.07) is 15.1. The third-order valence-electron chi connectivity index (χ3n) is 5.46. The van der Waals surface area contributed by atoms with Crippen LogP contribution in [0.15, 0.2) is 54.7 Å². The van der Waals surface area contributed by atoms with E-state index in [1.165, 1.54) is 23.4 Å². The van der Waals surface area contributed by atoms with Crippen LogP contribution in [-0.2, 0) is 6.42 Å². The summed E-state index contributed by atoms with van der Waals surface area (Å²) in [5.41, 5.74) is 3.54. The molecule has 0 unspecified atom stereocenters. The van der Waals surface area contributed by atoms with Crippen LogP contribution in [0.1, 0.15) is 5.56 Å². The van der Waals surface area contributed by atoms with Gasteiger partial charge in [-0.05, 0) is 42.3 Å². The van der Waals surface area contributed by atoms with Crippen LogP contribution in [-0.4, -0.2) is 47.9 Å². The van der Waals surface area contributed by atoms with Gasteiger partial charge in [0.05, 0.1) is 6.20 Å². The van der Waals surface area contributed by atoms with E-state index in [9.17, 15) is 4.39 Å². The van der Waals surface area contributed by atoms with Crippen molar-refractivity contribution in [2.24, 2.45) is 0 Å². The minimum atomic E-state index is -0.203. The van der Waals surface area contributed by atoms with Gasteiger partial charge < -0.3 is 14.7 Å². The number of rotatable bonds is 3. The summed E-state index contributed by atoms with van der Waals surface area (Å²) in [6.07, 6.45) is 2.74. The van der Waals surface area contributed by atoms with E-state index in [1.807, 2.05) is 18.2 Å². The number of fused-ring (bicyclic) bond motifs is 1. The Kier molecular flexibility index (Phi) is 4.27. The highest BCUT2D eigenvalue weighted by atomic mass is 19.1. The molecule has 3 heterocycles. The number of aromatic nitrogens is 3. The van der Waals surface area contributed by atoms with Crippen LogP contribution in [0.2, 0.25) is 0 Å². The van der Waals surface area contributed by atoms with E-state index in [1.54, 1.807) is 6.20 Å². The molecule has 1 aromatic heterocycles. The maximum atomic E-state index is 13.1. The summed E-state index contributed by atoms with van der Waals surface area (Å²) in [5.74, 6) is 1.31. The van der Waals surface area contributed by atoms with Crippen molar-refractivity contribution in [3.63, 3.8) is 0 Å². The number of piperazine rings is 1. The molecule has 2 aromatic carbocycles. The molecule has 7 heteroatoms. The first-order valence-corrected chi connectivity index (χ1v) is 9.58. The Bertz CT molecular complexity index is 969. The molecule has 0 amide bonds. The molecule has 3 aromatic rings. The second-order valence-corrected chi connectivity index (χ2v) is 7.10. The molecule has 1 saturated heterocycles. The highest BCUT2D eigenvalue weighted by Gasteiger charge is 2.24. The van der Waals surface area contributed by atoms with Crippen LogP contribution in [0, 0.1) is 5.82 Å². The lowest BCUT2D eigenvalue weighted by molar-refractivity contribution is 0.623. The highest BCUT2D eigenvalue weighted by Crippen LogP contribution is 2.32. The second-order valence-electron chi connectivity index (χ2n) is 7.10. The predicted molar refractivity (Wildman–Crippen MR) is 108 cm³/mol. The Morgan fingerprint density at radius 1 is 0.821 bits per heavy atom. The molecule has 2 aliphatic rings. The molecule has 142 valence electrons. The summed E-state index contributed by atoms with van der Waals surface area (Å²) >= 11 is 0. The number of anilines is 4. The van der Waals surface area contributed by atoms with Gasteiger partial charge in [-0.15, -0.1) is 5.10 Å². The van der Waals surface area contributed by atoms with E-state index >= 15 is 0 Å². The molecule has 0 bridgehead atoms. The summed E-state index contributed by atoms with van der Waals surface area (Å²) in [6.45, 7) is 4.27. The van der Waals surface area contributed by atoms with Gasteiger partial charge in [-0.2, -0.15) is 10.1 Å². The van der Waals surface area contributed by atoms with Gasteiger partial charge in [0, 0.05) is 44.1 Å². The van der Waals surface area contributed by atoms with Crippen LogP contribution >= 0.6 is 0 Å². The van der Waals surface area contributed by atoms with Crippen molar-refractivity contribution in [1.29, 1.82) is 0 Å². The molecule has 28 heavy (non-hydrogen) atoms. The average Bonchev–Trinajstić information content (AvgIpc) is 3.19. The zero-order valence-corrected chi connectivity index (χ0v) is 15.5. The zero-order chi connectivity index (χ0) is 18.9. The van der Waals surface area contributed by atoms with Crippen LogP contribution in [0.5, 0.6) is 0 Å². The highest BCUT2D eigenvalue weighted by molar-refractivity contribution is 5.66. The molecular formula is C21H21FN6. The number of halogens is 1. The monoisotopic (exact) mass is 376 g/mol. The van der Waals surface area contributed by atoms with Crippen LogP contribution in [0.4, 0.5) is 27.5 Å². The number of hydrogen-bond donors (Lipinski definition) is 0. The second kappa shape index (κ2) is 7.07. The van der Waals surface area contributed by atoms with Crippen molar-refractivity contribution in [2.75, 3.05) is 47.4 Å². The first-order valence-electron chi connectivity index (χ1n) is 9.58. The molecule has 2 aliphatic heterocycles. The fourth-order valence-electron chi connectivity index (χ4n) is 3.94. The lowest BCUT2D eigenvalue weighted by Gasteiger charge is -2.36. The van der Waals surface area contributed by atoms with Gasteiger partial charge in [-0.3, -0.25) is 0 Å². The Morgan fingerprint density at radius 3 is 2.39 bits per heavy atom. The molecule has 0 spiro atoms. The lowest BCUT2D eigenvalue weighted by Crippen LogP contribution is -2.47. The van der Waals surface area contributed by atoms with Crippen molar-refractivity contribution in [2.45, 2.75) is 6.42 Å². The maximum Gasteiger partial charge on any atom is 0.251 e. The van der Waals surface area contributed by atoms with E-state index in [0.717, 1.165) is 50.6 Å². The van der Waals surface area contributed by atoms with Crippen molar-refractivity contribution in [3.8, 4) is 0 Å². The lowest BCUT2D eigenvalue weighted by atomic mass is 10.2. The maximum absolute atomic E-state index is 13.1. The van der Waals surface area contributed by atoms with Gasteiger partial charge in [0.1, 0.15) is 5.82 Å². The fraction of sp³-hybridized carbons (Fsp3) is 0.286. The summed E-state index contributed by atoms with van der Waals surface area (Å²) in [7, 11) is 0. The Balaban J connectivity index is 1.31. The molecule has 0 saturated carbocycles. The molecule has 5 rings (SSSR count). The van der Waals surface area contributed by atoms with Crippen LogP contribution < -0.4 is 14.7 Å². The third-order valence-corrected chi connectivity index (χ3v) is 5.46. The minimum absolute atomic E-state index is 0.203. The molecule has 0 aliphatic carbocycles. The van der Waals surface area contributed by atoms with Gasteiger partial charge in [-0.1, -0.05) is 18.2 Å². The average molecular weight is 376 g/mol. The van der Waals surface area contributed by atoms with Crippen LogP contribution in [0.3, 0.4) is 0 Å². The van der Waals surface area contributed by atoms with Gasteiger partial charge in [-0.25, -0.2) is 4.39 Å². The first-order chi connectivity index (χ1) is 13.8. The van der Waals surface area contributed by atoms with E-state index in [0.29, 0.717) is 5.95 Å². The Labute approximate surface area is 163 Å². The van der Waals surface area contributed by atoms with Crippen molar-refractivity contribution >= 4 is 23.1 Å². The van der Waals surface area contributed by atoms with Crippen LogP contribution in [0.25, 0.3) is 0 Å². The minimum Gasteiger partial charge on any atom is -0.368 e. The SMILES string of the molecule is Fc1ccc(N2CCN(c3cnnc(N4CCc5ccccc54)n3)CC2)cc1. The number of benzene rings is 2. The predicted octanol–water partition coefficient (Wildman–Crippen LogP) is 3.03. The zero-order valence-electron chi connectivity index (χ0n) is 15.5. The van der Waals surface area contributed by atoms with Gasteiger partial charge in [0.25, 0.3) is 5.95 Å². The Morgan fingerprint density at radius 2 is 1.57 bits per heavy atom. The summed E-state index contributed by atoms with van der Waals surface area (Å²) in [5, 5.41) is 8.49. The normalized spacial score (nSPS) is 16.4. The molecule has 6 nitrogen and oxygen atoms in total. The van der Waals surface area contributed by atoms with E-state index in [2.05, 4.69) is 43.1 Å². The van der Waals surface area contributed by atoms with Crippen molar-refractivity contribution in [1.82, 2.24) is 15.2 Å². The van der Waals surface area contributed by atoms with E-state index < -0.39 is 0 Å². The third kappa shape index (κ3) is 3.13. The van der Waals surface area contributed by atoms with Gasteiger partial charge in [0.15, 0.2) is 5.82 Å². The molecule has 0 N–H and O–H groups in total. The summed E-state index contributed by atoms with van der Waals surface area (Å²) in [4.78, 5) is 11.4. The van der Waals surface area contributed by atoms with Crippen molar-refractivity contribution in [3.05, 3.63) is 66.1 Å². The molecule has 0 radical (unpaired) electrons. The number of hydrogen-bond acceptors (Lipinski definition) is 6.